The van der Waals surface area contributed by atoms with Crippen LogP contribution in [0.1, 0.15) is 18.4 Å². The fraction of sp³-hybridized carbons (Fsp3) is 0.458. The van der Waals surface area contributed by atoms with Crippen LogP contribution in [0.4, 0.5) is 10.5 Å². The molecule has 3 fully saturated rings. The minimum absolute atomic E-state index is 0.0447. The molecule has 29 heavy (non-hydrogen) atoms. The normalized spacial score (nSPS) is 25.4. The smallest absolute Gasteiger partial charge is 0.321 e. The molecule has 0 aliphatic carbocycles. The number of hydrogen-bond donors (Lipinski definition) is 1. The molecule has 3 aliphatic heterocycles. The SMILES string of the molecule is O=C(Nc1ccccc1)N1CC2CN(C3CCN(Cc4ccccc4)CC3)C2C1. The van der Waals surface area contributed by atoms with Crippen molar-refractivity contribution in [2.45, 2.75) is 31.5 Å². The number of piperidine rings is 1. The molecule has 0 aromatic heterocycles. The summed E-state index contributed by atoms with van der Waals surface area (Å²) in [5.74, 6) is 0.652. The standard InChI is InChI=1S/C24H30N4O/c29-24(25-21-9-5-2-6-10-21)27-16-20-17-28(23(20)18-27)22-11-13-26(14-12-22)15-19-7-3-1-4-8-19/h1-10,20,22-23H,11-18H2,(H,25,29). The van der Waals surface area contributed by atoms with Crippen molar-refractivity contribution < 1.29 is 4.79 Å². The first-order valence-corrected chi connectivity index (χ1v) is 10.9. The highest BCUT2D eigenvalue weighted by Gasteiger charge is 2.49. The molecule has 2 atom stereocenters. The Bertz CT molecular complexity index is 819. The number of hydrogen-bond acceptors (Lipinski definition) is 3. The van der Waals surface area contributed by atoms with Crippen molar-refractivity contribution in [3.63, 3.8) is 0 Å². The van der Waals surface area contributed by atoms with E-state index >= 15 is 0 Å². The Hall–Kier alpha value is -2.37. The number of rotatable bonds is 4. The number of nitrogens with one attached hydrogen (secondary N) is 1. The van der Waals surface area contributed by atoms with Gasteiger partial charge in [-0.15, -0.1) is 0 Å². The Labute approximate surface area is 173 Å². The highest BCUT2D eigenvalue weighted by molar-refractivity contribution is 5.89. The first-order chi connectivity index (χ1) is 14.3. The number of fused-ring (bicyclic) bond motifs is 1. The molecule has 152 valence electrons. The Morgan fingerprint density at radius 1 is 0.897 bits per heavy atom. The van der Waals surface area contributed by atoms with E-state index in [2.05, 4.69) is 45.4 Å². The first-order valence-electron chi connectivity index (χ1n) is 10.9. The summed E-state index contributed by atoms with van der Waals surface area (Å²) in [5.41, 5.74) is 2.28. The van der Waals surface area contributed by atoms with Crippen LogP contribution in [0.15, 0.2) is 60.7 Å². The largest absolute Gasteiger partial charge is 0.323 e. The van der Waals surface area contributed by atoms with E-state index in [9.17, 15) is 4.79 Å². The number of amides is 2. The third-order valence-corrected chi connectivity index (χ3v) is 6.87. The van der Waals surface area contributed by atoms with Crippen LogP contribution in [0.5, 0.6) is 0 Å². The maximum absolute atomic E-state index is 12.6. The second kappa shape index (κ2) is 8.17. The van der Waals surface area contributed by atoms with Crippen LogP contribution in [0.3, 0.4) is 0 Å². The minimum atomic E-state index is 0.0447. The molecule has 3 heterocycles. The van der Waals surface area contributed by atoms with Crippen LogP contribution >= 0.6 is 0 Å². The Morgan fingerprint density at radius 3 is 2.31 bits per heavy atom. The van der Waals surface area contributed by atoms with Crippen LogP contribution in [-0.2, 0) is 6.54 Å². The molecular weight excluding hydrogens is 360 g/mol. The number of carbonyl (C=O) groups is 1. The zero-order chi connectivity index (χ0) is 19.6. The van der Waals surface area contributed by atoms with Gasteiger partial charge in [-0.05, 0) is 43.6 Å². The van der Waals surface area contributed by atoms with Gasteiger partial charge in [-0.2, -0.15) is 0 Å². The zero-order valence-corrected chi connectivity index (χ0v) is 16.9. The maximum atomic E-state index is 12.6. The van der Waals surface area contributed by atoms with Crippen molar-refractivity contribution in [3.8, 4) is 0 Å². The third-order valence-electron chi connectivity index (χ3n) is 6.87. The van der Waals surface area contributed by atoms with E-state index in [1.165, 1.54) is 31.5 Å². The van der Waals surface area contributed by atoms with Crippen LogP contribution in [0.25, 0.3) is 0 Å². The zero-order valence-electron chi connectivity index (χ0n) is 16.9. The highest BCUT2D eigenvalue weighted by Crippen LogP contribution is 2.36. The van der Waals surface area contributed by atoms with Crippen LogP contribution in [0, 0.1) is 5.92 Å². The summed E-state index contributed by atoms with van der Waals surface area (Å²) in [7, 11) is 0. The lowest BCUT2D eigenvalue weighted by Crippen LogP contribution is -2.61. The fourth-order valence-corrected chi connectivity index (χ4v) is 5.24. The van der Waals surface area contributed by atoms with Gasteiger partial charge in [0.2, 0.25) is 0 Å². The summed E-state index contributed by atoms with van der Waals surface area (Å²) in [6, 6.07) is 21.8. The Morgan fingerprint density at radius 2 is 1.59 bits per heavy atom. The van der Waals surface area contributed by atoms with Gasteiger partial charge in [-0.1, -0.05) is 48.5 Å². The molecule has 0 saturated carbocycles. The molecule has 5 heteroatoms. The van der Waals surface area contributed by atoms with Gasteiger partial charge in [0, 0.05) is 49.9 Å². The van der Waals surface area contributed by atoms with E-state index in [0.29, 0.717) is 18.0 Å². The number of urea groups is 1. The van der Waals surface area contributed by atoms with Crippen molar-refractivity contribution in [1.82, 2.24) is 14.7 Å². The molecule has 2 aromatic rings. The number of para-hydroxylation sites is 1. The first kappa shape index (κ1) is 18.6. The average molecular weight is 391 g/mol. The molecule has 0 radical (unpaired) electrons. The summed E-state index contributed by atoms with van der Waals surface area (Å²) in [6.45, 7) is 6.33. The molecule has 3 aliphatic rings. The van der Waals surface area contributed by atoms with E-state index in [0.717, 1.165) is 31.9 Å². The number of anilines is 1. The Kier molecular flexibility index (Phi) is 5.25. The second-order valence-corrected chi connectivity index (χ2v) is 8.72. The summed E-state index contributed by atoms with van der Waals surface area (Å²) >= 11 is 0. The Balaban J connectivity index is 1.10. The fourth-order valence-electron chi connectivity index (χ4n) is 5.24. The van der Waals surface area contributed by atoms with Crippen molar-refractivity contribution in [3.05, 3.63) is 66.2 Å². The molecule has 5 nitrogen and oxygen atoms in total. The lowest BCUT2D eigenvalue weighted by molar-refractivity contribution is -0.0178. The van der Waals surface area contributed by atoms with Crippen molar-refractivity contribution in [1.29, 1.82) is 0 Å². The van der Waals surface area contributed by atoms with Crippen molar-refractivity contribution in [2.24, 2.45) is 5.92 Å². The number of likely N-dealkylation sites (tertiary alicyclic amines) is 3. The van der Waals surface area contributed by atoms with Crippen LogP contribution in [0.2, 0.25) is 0 Å². The number of benzene rings is 2. The molecule has 3 saturated heterocycles. The van der Waals surface area contributed by atoms with E-state index < -0.39 is 0 Å². The summed E-state index contributed by atoms with van der Waals surface area (Å²) in [4.78, 5) is 19.9. The van der Waals surface area contributed by atoms with Gasteiger partial charge in [0.15, 0.2) is 0 Å². The summed E-state index contributed by atoms with van der Waals surface area (Å²) < 4.78 is 0. The lowest BCUT2D eigenvalue weighted by Gasteiger charge is -2.50. The average Bonchev–Trinajstić information content (AvgIpc) is 3.08. The topological polar surface area (TPSA) is 38.8 Å². The van der Waals surface area contributed by atoms with Gasteiger partial charge in [0.1, 0.15) is 0 Å². The van der Waals surface area contributed by atoms with E-state index in [1.54, 1.807) is 0 Å². The lowest BCUT2D eigenvalue weighted by atomic mass is 9.87. The van der Waals surface area contributed by atoms with E-state index in [4.69, 9.17) is 0 Å². The van der Waals surface area contributed by atoms with Gasteiger partial charge in [-0.25, -0.2) is 4.79 Å². The van der Waals surface area contributed by atoms with E-state index in [1.807, 2.05) is 35.2 Å². The minimum Gasteiger partial charge on any atom is -0.323 e. The molecule has 0 bridgehead atoms. The quantitative estimate of drug-likeness (QED) is 0.868. The molecule has 2 unspecified atom stereocenters. The maximum Gasteiger partial charge on any atom is 0.321 e. The van der Waals surface area contributed by atoms with Gasteiger partial charge in [-0.3, -0.25) is 9.80 Å². The summed E-state index contributed by atoms with van der Waals surface area (Å²) in [6.07, 6.45) is 2.48. The van der Waals surface area contributed by atoms with Gasteiger partial charge in [0.05, 0.1) is 0 Å². The summed E-state index contributed by atoms with van der Waals surface area (Å²) in [5, 5.41) is 3.04. The van der Waals surface area contributed by atoms with Crippen LogP contribution < -0.4 is 5.32 Å². The predicted octanol–water partition coefficient (Wildman–Crippen LogP) is 3.50. The molecule has 2 amide bonds. The monoisotopic (exact) mass is 390 g/mol. The molecular formula is C24H30N4O. The van der Waals surface area contributed by atoms with Gasteiger partial charge >= 0.3 is 6.03 Å². The van der Waals surface area contributed by atoms with Crippen LogP contribution in [-0.4, -0.2) is 65.5 Å². The van der Waals surface area contributed by atoms with Crippen molar-refractivity contribution in [2.75, 3.05) is 38.0 Å². The molecule has 2 aromatic carbocycles. The molecule has 1 N–H and O–H groups in total. The third kappa shape index (κ3) is 4.02. The molecule has 0 spiro atoms. The second-order valence-electron chi connectivity index (χ2n) is 8.72. The predicted molar refractivity (Wildman–Crippen MR) is 116 cm³/mol. The van der Waals surface area contributed by atoms with E-state index in [-0.39, 0.29) is 6.03 Å². The van der Waals surface area contributed by atoms with Gasteiger partial charge < -0.3 is 10.2 Å². The van der Waals surface area contributed by atoms with Crippen molar-refractivity contribution >= 4 is 11.7 Å². The molecule has 5 rings (SSSR count). The van der Waals surface area contributed by atoms with Gasteiger partial charge in [0.25, 0.3) is 0 Å². The highest BCUT2D eigenvalue weighted by atomic mass is 16.2. The number of carbonyl (C=O) groups excluding carboxylic acids is 1. The number of nitrogens with zero attached hydrogens (tertiary/aromatic N) is 3.